The average molecular weight is 682 g/mol. The summed E-state index contributed by atoms with van der Waals surface area (Å²) in [5, 5.41) is 7.97. The van der Waals surface area contributed by atoms with Crippen molar-refractivity contribution in [1.82, 2.24) is 5.32 Å². The molecule has 0 bridgehead atoms. The second-order valence-corrected chi connectivity index (χ2v) is 11.7. The summed E-state index contributed by atoms with van der Waals surface area (Å²) in [6.45, 7) is 0.397. The molecule has 49 heavy (non-hydrogen) atoms. The number of benzene rings is 5. The van der Waals surface area contributed by atoms with E-state index in [0.29, 0.717) is 34.1 Å². The SMILES string of the molecule is O=C(CSc1cccc(NC(=O)/C(=C/c2ccc(OCc3ccccc3)cc2)NC(=O)c2ccccc2)c1)Nc1cccc(C(F)(F)F)c1. The Morgan fingerprint density at radius 1 is 0.714 bits per heavy atom. The van der Waals surface area contributed by atoms with E-state index >= 15 is 0 Å². The molecular formula is C38H30F3N3O4S. The predicted molar refractivity (Wildman–Crippen MR) is 185 cm³/mol. The molecule has 0 aromatic heterocycles. The number of alkyl halides is 3. The molecule has 5 aromatic carbocycles. The molecule has 0 aliphatic rings. The van der Waals surface area contributed by atoms with E-state index in [4.69, 9.17) is 4.74 Å². The number of thioether (sulfide) groups is 1. The number of amides is 3. The maximum Gasteiger partial charge on any atom is 0.416 e. The third-order valence-electron chi connectivity index (χ3n) is 6.90. The molecule has 248 valence electrons. The van der Waals surface area contributed by atoms with Gasteiger partial charge in [0.25, 0.3) is 11.8 Å². The predicted octanol–water partition coefficient (Wildman–Crippen LogP) is 8.42. The first-order valence-electron chi connectivity index (χ1n) is 15.0. The van der Waals surface area contributed by atoms with Crippen molar-refractivity contribution in [2.75, 3.05) is 16.4 Å². The molecule has 0 fully saturated rings. The van der Waals surface area contributed by atoms with Gasteiger partial charge in [-0.2, -0.15) is 13.2 Å². The highest BCUT2D eigenvalue weighted by molar-refractivity contribution is 8.00. The van der Waals surface area contributed by atoms with E-state index in [1.165, 1.54) is 12.1 Å². The lowest BCUT2D eigenvalue weighted by atomic mass is 10.1. The van der Waals surface area contributed by atoms with Gasteiger partial charge in [0.05, 0.1) is 11.3 Å². The zero-order valence-electron chi connectivity index (χ0n) is 25.9. The summed E-state index contributed by atoms with van der Waals surface area (Å²) in [5.74, 6) is -1.00. The highest BCUT2D eigenvalue weighted by Gasteiger charge is 2.30. The number of rotatable bonds is 12. The fourth-order valence-electron chi connectivity index (χ4n) is 4.49. The fraction of sp³-hybridized carbons (Fsp3) is 0.0789. The number of carbonyl (C=O) groups excluding carboxylic acids is 3. The van der Waals surface area contributed by atoms with Crippen LogP contribution in [0.1, 0.15) is 27.0 Å². The van der Waals surface area contributed by atoms with E-state index in [-0.39, 0.29) is 17.1 Å². The number of carbonyl (C=O) groups is 3. The summed E-state index contributed by atoms with van der Waals surface area (Å²) in [6.07, 6.45) is -2.98. The Labute approximate surface area is 285 Å². The molecule has 0 aliphatic carbocycles. The summed E-state index contributed by atoms with van der Waals surface area (Å²) in [7, 11) is 0. The minimum Gasteiger partial charge on any atom is -0.489 e. The van der Waals surface area contributed by atoms with Gasteiger partial charge < -0.3 is 20.7 Å². The molecule has 0 heterocycles. The highest BCUT2D eigenvalue weighted by atomic mass is 32.2. The molecule has 0 unspecified atom stereocenters. The van der Waals surface area contributed by atoms with E-state index in [1.54, 1.807) is 84.9 Å². The number of hydrogen-bond acceptors (Lipinski definition) is 5. The average Bonchev–Trinajstić information content (AvgIpc) is 3.11. The highest BCUT2D eigenvalue weighted by Crippen LogP contribution is 2.31. The molecule has 5 aromatic rings. The summed E-state index contributed by atoms with van der Waals surface area (Å²) >= 11 is 1.14. The molecule has 0 atom stereocenters. The Morgan fingerprint density at radius 2 is 1.37 bits per heavy atom. The lowest BCUT2D eigenvalue weighted by Crippen LogP contribution is -2.30. The van der Waals surface area contributed by atoms with Gasteiger partial charge in [0.1, 0.15) is 18.1 Å². The van der Waals surface area contributed by atoms with Crippen molar-refractivity contribution >= 4 is 46.9 Å². The van der Waals surface area contributed by atoms with E-state index in [9.17, 15) is 27.6 Å². The quantitative estimate of drug-likeness (QED) is 0.0908. The van der Waals surface area contributed by atoms with Gasteiger partial charge in [0.15, 0.2) is 0 Å². The number of hydrogen-bond donors (Lipinski definition) is 3. The third-order valence-corrected chi connectivity index (χ3v) is 7.90. The normalized spacial score (nSPS) is 11.4. The lowest BCUT2D eigenvalue weighted by molar-refractivity contribution is -0.137. The van der Waals surface area contributed by atoms with Gasteiger partial charge in [-0.3, -0.25) is 14.4 Å². The lowest BCUT2D eigenvalue weighted by Gasteiger charge is -2.13. The van der Waals surface area contributed by atoms with E-state index < -0.39 is 29.5 Å². The molecule has 11 heteroatoms. The standard InChI is InChI=1S/C38H30F3N3O4S/c39-38(40,41)29-13-7-14-30(22-29)42-35(45)25-49-33-16-8-15-31(23-33)43-37(47)34(44-36(46)28-11-5-2-6-12-28)21-26-17-19-32(20-18-26)48-24-27-9-3-1-4-10-27/h1-23H,24-25H2,(H,42,45)(H,43,47)(H,44,46)/b34-21-. The van der Waals surface area contributed by atoms with Gasteiger partial charge in [0, 0.05) is 21.8 Å². The summed E-state index contributed by atoms with van der Waals surface area (Å²) in [6, 6.07) is 36.4. The Morgan fingerprint density at radius 3 is 2.06 bits per heavy atom. The van der Waals surface area contributed by atoms with Crippen molar-refractivity contribution < 1.29 is 32.3 Å². The minimum atomic E-state index is -4.53. The second kappa shape index (κ2) is 16.3. The van der Waals surface area contributed by atoms with E-state index in [2.05, 4.69) is 16.0 Å². The molecule has 5 rings (SSSR count). The van der Waals surface area contributed by atoms with Gasteiger partial charge >= 0.3 is 6.18 Å². The molecule has 0 saturated carbocycles. The van der Waals surface area contributed by atoms with Crippen molar-refractivity contribution in [2.45, 2.75) is 17.7 Å². The molecule has 0 spiro atoms. The smallest absolute Gasteiger partial charge is 0.416 e. The molecule has 7 nitrogen and oxygen atoms in total. The van der Waals surface area contributed by atoms with Crippen LogP contribution in [0.15, 0.2) is 144 Å². The second-order valence-electron chi connectivity index (χ2n) is 10.6. The topological polar surface area (TPSA) is 96.5 Å². The molecule has 3 N–H and O–H groups in total. The molecule has 0 saturated heterocycles. The number of anilines is 2. The van der Waals surface area contributed by atoms with Crippen LogP contribution in [-0.2, 0) is 22.4 Å². The molecule has 0 radical (unpaired) electrons. The first-order valence-corrected chi connectivity index (χ1v) is 16.0. The van der Waals surface area contributed by atoms with Crippen LogP contribution in [0.4, 0.5) is 24.5 Å². The van der Waals surface area contributed by atoms with Gasteiger partial charge in [-0.1, -0.05) is 72.8 Å². The van der Waals surface area contributed by atoms with Crippen molar-refractivity contribution in [3.05, 3.63) is 161 Å². The maximum absolute atomic E-state index is 13.5. The first-order chi connectivity index (χ1) is 23.6. The summed E-state index contributed by atoms with van der Waals surface area (Å²) < 4.78 is 44.9. The third kappa shape index (κ3) is 10.6. The van der Waals surface area contributed by atoms with E-state index in [0.717, 1.165) is 29.5 Å². The number of nitrogens with one attached hydrogen (secondary N) is 3. The first kappa shape index (κ1) is 34.5. The monoisotopic (exact) mass is 681 g/mol. The van der Waals surface area contributed by atoms with Gasteiger partial charge in [-0.25, -0.2) is 0 Å². The molecular weight excluding hydrogens is 651 g/mol. The van der Waals surface area contributed by atoms with E-state index in [1.807, 2.05) is 30.3 Å². The van der Waals surface area contributed by atoms with Crippen LogP contribution >= 0.6 is 11.8 Å². The van der Waals surface area contributed by atoms with Crippen LogP contribution < -0.4 is 20.7 Å². The largest absolute Gasteiger partial charge is 0.489 e. The molecule has 3 amide bonds. The van der Waals surface area contributed by atoms with Crippen LogP contribution in [0.3, 0.4) is 0 Å². The molecule has 0 aliphatic heterocycles. The van der Waals surface area contributed by atoms with Crippen LogP contribution in [0.25, 0.3) is 6.08 Å². The fourth-order valence-corrected chi connectivity index (χ4v) is 5.25. The zero-order valence-corrected chi connectivity index (χ0v) is 26.7. The minimum absolute atomic E-state index is 0.00896. The van der Waals surface area contributed by atoms with Gasteiger partial charge in [-0.15, -0.1) is 11.8 Å². The van der Waals surface area contributed by atoms with Crippen molar-refractivity contribution in [1.29, 1.82) is 0 Å². The van der Waals surface area contributed by atoms with Crippen molar-refractivity contribution in [3.63, 3.8) is 0 Å². The maximum atomic E-state index is 13.5. The Hall–Kier alpha value is -5.81. The van der Waals surface area contributed by atoms with Crippen LogP contribution in [-0.4, -0.2) is 23.5 Å². The number of ether oxygens (including phenoxy) is 1. The Bertz CT molecular complexity index is 1930. The van der Waals surface area contributed by atoms with Crippen LogP contribution in [0, 0.1) is 0 Å². The van der Waals surface area contributed by atoms with Gasteiger partial charge in [-0.05, 0) is 77.9 Å². The van der Waals surface area contributed by atoms with Gasteiger partial charge in [0.2, 0.25) is 5.91 Å². The summed E-state index contributed by atoms with van der Waals surface area (Å²) in [4.78, 5) is 39.7. The van der Waals surface area contributed by atoms with Crippen molar-refractivity contribution in [2.24, 2.45) is 0 Å². The van der Waals surface area contributed by atoms with Crippen LogP contribution in [0.5, 0.6) is 5.75 Å². The summed E-state index contributed by atoms with van der Waals surface area (Å²) in [5.41, 5.74) is 1.60. The van der Waals surface area contributed by atoms with Crippen molar-refractivity contribution in [3.8, 4) is 5.75 Å². The Kier molecular flexibility index (Phi) is 11.5. The zero-order chi connectivity index (χ0) is 34.6. The Balaban J connectivity index is 1.25. The van der Waals surface area contributed by atoms with Crippen LogP contribution in [0.2, 0.25) is 0 Å². The number of halogens is 3.